The molecule has 1 unspecified atom stereocenters. The third-order valence-corrected chi connectivity index (χ3v) is 4.08. The smallest absolute Gasteiger partial charge is 0.307 e. The minimum absolute atomic E-state index is 0.0520. The summed E-state index contributed by atoms with van der Waals surface area (Å²) in [4.78, 5) is 20.5. The van der Waals surface area contributed by atoms with Crippen LogP contribution in [0.3, 0.4) is 0 Å². The normalized spacial score (nSPS) is 14.6. The number of nitrogen functional groups attached to an aromatic ring is 1. The molecular formula is C12H15NO6S. The van der Waals surface area contributed by atoms with Crippen molar-refractivity contribution in [1.82, 2.24) is 0 Å². The first-order chi connectivity index (χ1) is 9.16. The zero-order valence-corrected chi connectivity index (χ0v) is 11.8. The van der Waals surface area contributed by atoms with Crippen LogP contribution in [-0.2, 0) is 29.4 Å². The summed E-state index contributed by atoms with van der Waals surface area (Å²) in [5, 5.41) is 0. The van der Waals surface area contributed by atoms with E-state index in [1.807, 2.05) is 0 Å². The molecule has 1 aromatic rings. The Morgan fingerprint density at radius 2 is 1.90 bits per heavy atom. The van der Waals surface area contributed by atoms with Crippen molar-refractivity contribution in [2.24, 2.45) is 0 Å². The monoisotopic (exact) mass is 301 g/mol. The van der Waals surface area contributed by atoms with Crippen LogP contribution in [0.15, 0.2) is 24.3 Å². The molecule has 0 aromatic heterocycles. The topological polar surface area (TPSA) is 124 Å². The Morgan fingerprint density at radius 1 is 1.35 bits per heavy atom. The van der Waals surface area contributed by atoms with Crippen molar-refractivity contribution in [2.45, 2.75) is 18.3 Å². The molecule has 20 heavy (non-hydrogen) atoms. The maximum Gasteiger partial charge on any atom is 0.307 e. The van der Waals surface area contributed by atoms with E-state index in [1.165, 1.54) is 24.3 Å². The summed E-state index contributed by atoms with van der Waals surface area (Å²) in [6.45, 7) is 1.12. The predicted molar refractivity (Wildman–Crippen MR) is 71.4 cm³/mol. The minimum atomic E-state index is -5.00. The molecule has 0 saturated carbocycles. The average Bonchev–Trinajstić information content (AvgIpc) is 2.30. The average molecular weight is 301 g/mol. The van der Waals surface area contributed by atoms with Crippen molar-refractivity contribution in [1.29, 1.82) is 0 Å². The van der Waals surface area contributed by atoms with E-state index in [0.717, 1.165) is 14.0 Å². The van der Waals surface area contributed by atoms with E-state index in [1.54, 1.807) is 0 Å². The van der Waals surface area contributed by atoms with Gasteiger partial charge in [0.2, 0.25) is 0 Å². The molecule has 0 aliphatic carbocycles. The number of nitrogens with two attached hydrogens (primary N) is 1. The lowest BCUT2D eigenvalue weighted by Gasteiger charge is -2.28. The summed E-state index contributed by atoms with van der Waals surface area (Å²) in [6.07, 6.45) is -0.706. The van der Waals surface area contributed by atoms with Gasteiger partial charge in [0.05, 0.1) is 6.42 Å². The second-order valence-corrected chi connectivity index (χ2v) is 5.71. The van der Waals surface area contributed by atoms with E-state index in [-0.39, 0.29) is 11.3 Å². The zero-order valence-electron chi connectivity index (χ0n) is 11.0. The first kappa shape index (κ1) is 16.3. The van der Waals surface area contributed by atoms with Gasteiger partial charge in [-0.25, -0.2) is 0 Å². The van der Waals surface area contributed by atoms with Gasteiger partial charge in [-0.3, -0.25) is 14.1 Å². The number of para-hydroxylation sites is 1. The standard InChI is InChI=1S/C12H15NO6S/c1-8(14)7-11(15)12(19-2,20(16,17)18)9-5-3-4-6-10(9)13/h3-6H,7,13H2,1-2H3,(H,16,17,18). The van der Waals surface area contributed by atoms with E-state index in [9.17, 15) is 22.6 Å². The number of hydrogen-bond donors (Lipinski definition) is 2. The van der Waals surface area contributed by atoms with E-state index in [0.29, 0.717) is 0 Å². The van der Waals surface area contributed by atoms with Gasteiger partial charge in [0.15, 0.2) is 5.78 Å². The molecule has 1 atom stereocenters. The zero-order chi connectivity index (χ0) is 15.6. The Bertz CT molecular complexity index is 639. The van der Waals surface area contributed by atoms with Gasteiger partial charge in [0.1, 0.15) is 5.78 Å². The first-order valence-corrected chi connectivity index (χ1v) is 7.00. The second kappa shape index (κ2) is 5.70. The summed E-state index contributed by atoms with van der Waals surface area (Å²) < 4.78 is 37.7. The Labute approximate surface area is 116 Å². The van der Waals surface area contributed by atoms with Crippen LogP contribution in [0.2, 0.25) is 0 Å². The molecule has 0 fully saturated rings. The molecular weight excluding hydrogens is 286 g/mol. The molecule has 0 heterocycles. The molecule has 0 amide bonds. The van der Waals surface area contributed by atoms with Gasteiger partial charge < -0.3 is 10.5 Å². The minimum Gasteiger partial charge on any atom is -0.398 e. The Hall–Kier alpha value is -1.77. The molecule has 0 bridgehead atoms. The van der Waals surface area contributed by atoms with Crippen LogP contribution in [0.25, 0.3) is 0 Å². The highest BCUT2D eigenvalue weighted by Crippen LogP contribution is 2.36. The number of carbonyl (C=O) groups excluding carboxylic acids is 2. The molecule has 0 saturated heterocycles. The number of benzene rings is 1. The second-order valence-electron chi connectivity index (χ2n) is 4.18. The summed E-state index contributed by atoms with van der Waals surface area (Å²) in [5.41, 5.74) is 5.38. The number of ketones is 2. The summed E-state index contributed by atoms with van der Waals surface area (Å²) in [5.74, 6) is -1.66. The van der Waals surface area contributed by atoms with Crippen molar-refractivity contribution < 1.29 is 27.3 Å². The largest absolute Gasteiger partial charge is 0.398 e. The quantitative estimate of drug-likeness (QED) is 0.445. The molecule has 0 spiro atoms. The lowest BCUT2D eigenvalue weighted by atomic mass is 9.99. The van der Waals surface area contributed by atoms with Crippen molar-refractivity contribution in [3.63, 3.8) is 0 Å². The van der Waals surface area contributed by atoms with Gasteiger partial charge in [-0.05, 0) is 13.0 Å². The van der Waals surface area contributed by atoms with Crippen molar-refractivity contribution in [3.8, 4) is 0 Å². The molecule has 110 valence electrons. The lowest BCUT2D eigenvalue weighted by molar-refractivity contribution is -0.136. The maximum atomic E-state index is 12.2. The fraction of sp³-hybridized carbons (Fsp3) is 0.333. The Kier molecular flexibility index (Phi) is 4.64. The number of anilines is 1. The molecule has 3 N–H and O–H groups in total. The van der Waals surface area contributed by atoms with Gasteiger partial charge in [-0.1, -0.05) is 18.2 Å². The van der Waals surface area contributed by atoms with Crippen LogP contribution >= 0.6 is 0 Å². The molecule has 1 aromatic carbocycles. The van der Waals surface area contributed by atoms with Crippen LogP contribution in [0.5, 0.6) is 0 Å². The van der Waals surface area contributed by atoms with Crippen molar-refractivity contribution in [2.75, 3.05) is 12.8 Å². The first-order valence-electron chi connectivity index (χ1n) is 5.56. The van der Waals surface area contributed by atoms with Gasteiger partial charge >= 0.3 is 10.1 Å². The van der Waals surface area contributed by atoms with Crippen LogP contribution < -0.4 is 5.73 Å². The number of hydrogen-bond acceptors (Lipinski definition) is 6. The van der Waals surface area contributed by atoms with E-state index in [2.05, 4.69) is 0 Å². The molecule has 0 aliphatic rings. The van der Waals surface area contributed by atoms with Gasteiger partial charge in [0.25, 0.3) is 4.93 Å². The lowest BCUT2D eigenvalue weighted by Crippen LogP contribution is -2.46. The van der Waals surface area contributed by atoms with Crippen LogP contribution in [0.1, 0.15) is 18.9 Å². The van der Waals surface area contributed by atoms with E-state index in [4.69, 9.17) is 10.5 Å². The van der Waals surface area contributed by atoms with Crippen molar-refractivity contribution >= 4 is 27.4 Å². The number of methoxy groups -OCH3 is 1. The predicted octanol–water partition coefficient (Wildman–Crippen LogP) is 0.504. The third-order valence-electron chi connectivity index (χ3n) is 2.74. The fourth-order valence-electron chi connectivity index (χ4n) is 1.90. The Morgan fingerprint density at radius 3 is 2.30 bits per heavy atom. The van der Waals surface area contributed by atoms with Crippen LogP contribution in [0.4, 0.5) is 5.69 Å². The SMILES string of the molecule is COC(C(=O)CC(C)=O)(c1ccccc1N)S(=O)(=O)O. The maximum absolute atomic E-state index is 12.2. The third kappa shape index (κ3) is 2.72. The highest BCUT2D eigenvalue weighted by molar-refractivity contribution is 7.87. The number of rotatable bonds is 6. The number of carbonyl (C=O) groups is 2. The van der Waals surface area contributed by atoms with Crippen LogP contribution in [-0.4, -0.2) is 31.6 Å². The highest BCUT2D eigenvalue weighted by Gasteiger charge is 2.53. The summed E-state index contributed by atoms with van der Waals surface area (Å²) in [6, 6.07) is 5.56. The van der Waals surface area contributed by atoms with Gasteiger partial charge in [-0.15, -0.1) is 0 Å². The molecule has 0 radical (unpaired) electrons. The van der Waals surface area contributed by atoms with Crippen molar-refractivity contribution in [3.05, 3.63) is 29.8 Å². The molecule has 1 rings (SSSR count). The highest BCUT2D eigenvalue weighted by atomic mass is 32.2. The van der Waals surface area contributed by atoms with Gasteiger partial charge in [-0.2, -0.15) is 8.42 Å². The van der Waals surface area contributed by atoms with Crippen LogP contribution in [0, 0.1) is 0 Å². The van der Waals surface area contributed by atoms with Gasteiger partial charge in [0, 0.05) is 18.4 Å². The Balaban J connectivity index is 3.62. The number of ether oxygens (including phenoxy) is 1. The number of Topliss-reactive ketones (excluding diaryl/α,β-unsaturated/α-hetero) is 2. The summed E-state index contributed by atoms with van der Waals surface area (Å²) >= 11 is 0. The molecule has 7 nitrogen and oxygen atoms in total. The fourth-order valence-corrected chi connectivity index (χ4v) is 2.94. The van der Waals surface area contributed by atoms with E-state index < -0.39 is 33.0 Å². The van der Waals surface area contributed by atoms with E-state index >= 15 is 0 Å². The summed E-state index contributed by atoms with van der Waals surface area (Å²) in [7, 11) is -4.06. The molecule has 0 aliphatic heterocycles. The molecule has 8 heteroatoms.